The van der Waals surface area contributed by atoms with Gasteiger partial charge in [0.25, 0.3) is 0 Å². The van der Waals surface area contributed by atoms with Crippen LogP contribution in [0.15, 0.2) is 30.3 Å². The molecule has 5 heteroatoms. The van der Waals surface area contributed by atoms with Crippen LogP contribution < -0.4 is 14.2 Å². The number of rotatable bonds is 4. The van der Waals surface area contributed by atoms with Crippen molar-refractivity contribution in [3.05, 3.63) is 52.6 Å². The maximum absolute atomic E-state index is 12.3. The van der Waals surface area contributed by atoms with E-state index in [4.69, 9.17) is 18.9 Å². The van der Waals surface area contributed by atoms with Crippen molar-refractivity contribution in [1.29, 1.82) is 0 Å². The molecule has 1 aliphatic heterocycles. The minimum atomic E-state index is -0.504. The Bertz CT molecular complexity index is 744. The summed E-state index contributed by atoms with van der Waals surface area (Å²) in [5, 5.41) is 0. The number of cyclic esters (lactones) is 1. The lowest BCUT2D eigenvalue weighted by Gasteiger charge is -2.15. The van der Waals surface area contributed by atoms with Gasteiger partial charge in [0.2, 0.25) is 0 Å². The molecule has 0 bridgehead atoms. The van der Waals surface area contributed by atoms with Crippen LogP contribution in [0.4, 0.5) is 0 Å². The van der Waals surface area contributed by atoms with E-state index in [2.05, 4.69) is 0 Å². The van der Waals surface area contributed by atoms with Gasteiger partial charge in [0.15, 0.2) is 6.10 Å². The number of methoxy groups -OCH3 is 3. The number of aryl methyl sites for hydroxylation is 1. The Morgan fingerprint density at radius 3 is 2.00 bits per heavy atom. The summed E-state index contributed by atoms with van der Waals surface area (Å²) in [4.78, 5) is 12.3. The van der Waals surface area contributed by atoms with Gasteiger partial charge in [-0.3, -0.25) is 0 Å². The Hall–Kier alpha value is -2.69. The molecule has 1 aliphatic rings. The first-order chi connectivity index (χ1) is 11.1. The van der Waals surface area contributed by atoms with Gasteiger partial charge in [-0.25, -0.2) is 4.79 Å². The summed E-state index contributed by atoms with van der Waals surface area (Å²) in [5.74, 6) is 1.65. The van der Waals surface area contributed by atoms with Crippen LogP contribution in [-0.2, 0) is 4.74 Å². The van der Waals surface area contributed by atoms with Gasteiger partial charge in [-0.05, 0) is 36.8 Å². The predicted molar refractivity (Wildman–Crippen MR) is 84.5 cm³/mol. The molecule has 2 aromatic rings. The van der Waals surface area contributed by atoms with E-state index < -0.39 is 6.10 Å². The zero-order valence-electron chi connectivity index (χ0n) is 13.5. The van der Waals surface area contributed by atoms with Gasteiger partial charge in [0.05, 0.1) is 26.9 Å². The topological polar surface area (TPSA) is 54.0 Å². The van der Waals surface area contributed by atoms with E-state index in [1.807, 2.05) is 31.2 Å². The maximum Gasteiger partial charge on any atom is 0.339 e. The second-order valence-corrected chi connectivity index (χ2v) is 5.34. The predicted octanol–water partition coefficient (Wildman–Crippen LogP) is 3.28. The summed E-state index contributed by atoms with van der Waals surface area (Å²) in [7, 11) is 4.77. The van der Waals surface area contributed by atoms with Crippen LogP contribution in [-0.4, -0.2) is 27.3 Å². The molecule has 120 valence electrons. The van der Waals surface area contributed by atoms with Crippen molar-refractivity contribution in [3.8, 4) is 17.2 Å². The minimum absolute atomic E-state index is 0.327. The molecule has 0 aliphatic carbocycles. The Balaban J connectivity index is 2.14. The third-order valence-electron chi connectivity index (χ3n) is 3.96. The van der Waals surface area contributed by atoms with Crippen LogP contribution in [0.1, 0.15) is 33.2 Å². The first-order valence-electron chi connectivity index (χ1n) is 7.20. The van der Waals surface area contributed by atoms with Gasteiger partial charge in [-0.2, -0.15) is 0 Å². The maximum atomic E-state index is 12.3. The van der Waals surface area contributed by atoms with E-state index >= 15 is 0 Å². The molecule has 1 heterocycles. The molecule has 2 aromatic carbocycles. The highest BCUT2D eigenvalue weighted by molar-refractivity contribution is 5.96. The van der Waals surface area contributed by atoms with E-state index in [1.165, 1.54) is 0 Å². The summed E-state index contributed by atoms with van der Waals surface area (Å²) < 4.78 is 21.5. The summed E-state index contributed by atoms with van der Waals surface area (Å²) in [6, 6.07) is 9.12. The Labute approximate surface area is 134 Å². The third kappa shape index (κ3) is 2.59. The van der Waals surface area contributed by atoms with Crippen molar-refractivity contribution in [3.63, 3.8) is 0 Å². The number of esters is 1. The Morgan fingerprint density at radius 2 is 1.43 bits per heavy atom. The zero-order valence-corrected chi connectivity index (χ0v) is 13.5. The van der Waals surface area contributed by atoms with Crippen LogP contribution in [0.5, 0.6) is 17.2 Å². The quantitative estimate of drug-likeness (QED) is 0.811. The molecule has 0 amide bonds. The Kier molecular flexibility index (Phi) is 3.86. The van der Waals surface area contributed by atoms with Gasteiger partial charge in [0.1, 0.15) is 17.2 Å². The largest absolute Gasteiger partial charge is 0.497 e. The molecule has 0 N–H and O–H groups in total. The van der Waals surface area contributed by atoms with E-state index in [0.717, 1.165) is 16.7 Å². The Morgan fingerprint density at radius 1 is 0.870 bits per heavy atom. The van der Waals surface area contributed by atoms with Gasteiger partial charge >= 0.3 is 5.97 Å². The first kappa shape index (κ1) is 15.2. The van der Waals surface area contributed by atoms with Crippen molar-refractivity contribution in [2.45, 2.75) is 13.0 Å². The average Bonchev–Trinajstić information content (AvgIpc) is 2.91. The highest BCUT2D eigenvalue weighted by atomic mass is 16.5. The summed E-state index contributed by atoms with van der Waals surface area (Å²) in [6.45, 7) is 1.87. The van der Waals surface area contributed by atoms with E-state index in [-0.39, 0.29) is 5.97 Å². The fourth-order valence-corrected chi connectivity index (χ4v) is 2.84. The number of ether oxygens (including phenoxy) is 4. The minimum Gasteiger partial charge on any atom is -0.497 e. The number of hydrogen-bond donors (Lipinski definition) is 0. The van der Waals surface area contributed by atoms with Crippen molar-refractivity contribution < 1.29 is 23.7 Å². The first-order valence-corrected chi connectivity index (χ1v) is 7.20. The number of fused-ring (bicyclic) bond motifs is 1. The molecule has 0 fully saturated rings. The third-order valence-corrected chi connectivity index (χ3v) is 3.96. The SMILES string of the molecule is COc1cc(OC)cc(C2OC(=O)c3c(C)cc(OC)cc32)c1. The molecule has 0 saturated carbocycles. The second-order valence-electron chi connectivity index (χ2n) is 5.34. The lowest BCUT2D eigenvalue weighted by atomic mass is 9.95. The number of hydrogen-bond acceptors (Lipinski definition) is 5. The molecule has 0 saturated heterocycles. The monoisotopic (exact) mass is 314 g/mol. The molecular weight excluding hydrogens is 296 g/mol. The smallest absolute Gasteiger partial charge is 0.339 e. The van der Waals surface area contributed by atoms with E-state index in [0.29, 0.717) is 22.8 Å². The lowest BCUT2D eigenvalue weighted by Crippen LogP contribution is -2.02. The van der Waals surface area contributed by atoms with Crippen LogP contribution in [0, 0.1) is 6.92 Å². The van der Waals surface area contributed by atoms with E-state index in [1.54, 1.807) is 27.4 Å². The van der Waals surface area contributed by atoms with Gasteiger partial charge in [-0.15, -0.1) is 0 Å². The van der Waals surface area contributed by atoms with Crippen LogP contribution >= 0.6 is 0 Å². The highest BCUT2D eigenvalue weighted by Gasteiger charge is 2.34. The fourth-order valence-electron chi connectivity index (χ4n) is 2.84. The van der Waals surface area contributed by atoms with Crippen LogP contribution in [0.2, 0.25) is 0 Å². The second kappa shape index (κ2) is 5.83. The molecule has 3 rings (SSSR count). The average molecular weight is 314 g/mol. The van der Waals surface area contributed by atoms with E-state index in [9.17, 15) is 4.79 Å². The molecule has 5 nitrogen and oxygen atoms in total. The van der Waals surface area contributed by atoms with Crippen LogP contribution in [0.3, 0.4) is 0 Å². The number of carbonyl (C=O) groups excluding carboxylic acids is 1. The molecular formula is C18H18O5. The molecule has 0 spiro atoms. The molecule has 1 unspecified atom stereocenters. The number of benzene rings is 2. The summed E-state index contributed by atoms with van der Waals surface area (Å²) >= 11 is 0. The standard InChI is InChI=1S/C18H18O5/c1-10-5-12(20-2)9-15-16(10)18(19)23-17(15)11-6-13(21-3)8-14(7-11)22-4/h5-9,17H,1-4H3. The molecule has 0 radical (unpaired) electrons. The van der Waals surface area contributed by atoms with Gasteiger partial charge in [0, 0.05) is 17.2 Å². The lowest BCUT2D eigenvalue weighted by molar-refractivity contribution is 0.0454. The highest BCUT2D eigenvalue weighted by Crippen LogP contribution is 2.41. The number of carbonyl (C=O) groups is 1. The van der Waals surface area contributed by atoms with Crippen molar-refractivity contribution in [1.82, 2.24) is 0 Å². The molecule has 1 atom stereocenters. The molecule has 0 aromatic heterocycles. The van der Waals surface area contributed by atoms with Crippen LogP contribution in [0.25, 0.3) is 0 Å². The van der Waals surface area contributed by atoms with Crippen molar-refractivity contribution in [2.24, 2.45) is 0 Å². The van der Waals surface area contributed by atoms with Gasteiger partial charge < -0.3 is 18.9 Å². The van der Waals surface area contributed by atoms with Crippen molar-refractivity contribution in [2.75, 3.05) is 21.3 Å². The summed E-state index contributed by atoms with van der Waals surface area (Å²) in [6.07, 6.45) is -0.504. The molecule has 23 heavy (non-hydrogen) atoms. The zero-order chi connectivity index (χ0) is 16.6. The van der Waals surface area contributed by atoms with Gasteiger partial charge in [-0.1, -0.05) is 0 Å². The fraction of sp³-hybridized carbons (Fsp3) is 0.278. The summed E-state index contributed by atoms with van der Waals surface area (Å²) in [5.41, 5.74) is 3.02. The van der Waals surface area contributed by atoms with Crippen molar-refractivity contribution >= 4 is 5.97 Å². The normalized spacial score (nSPS) is 15.8.